The number of anilines is 3. The average Bonchev–Trinajstić information content (AvgIpc) is 3.97. The molecule has 0 saturated carbocycles. The molecule has 338 valence electrons. The predicted molar refractivity (Wildman–Crippen MR) is 236 cm³/mol. The Bertz CT molecular complexity index is 2340. The number of H-pyrrole nitrogens is 1. The SMILES string of the molecule is CCCN(C=O)C(=N)c1ccc(C2CCN(C(O)(O)C3CCCN(Sc4ccc(Nc5nc6c(OC(C)C)c(-c7cn[nH]c7)ncn6n5)c(F)c4)C3)CC2)c(F)c1NC.CNC=O. The molecule has 3 aromatic heterocycles. The lowest BCUT2D eigenvalue weighted by molar-refractivity contribution is -0.303. The molecular formula is C42H55F2N13O5S. The molecule has 7 rings (SSSR count). The number of hydrogen-bond acceptors (Lipinski definition) is 15. The van der Waals surface area contributed by atoms with Crippen LogP contribution >= 0.6 is 11.9 Å². The van der Waals surface area contributed by atoms with Gasteiger partial charge in [0.15, 0.2) is 5.75 Å². The van der Waals surface area contributed by atoms with Crippen molar-refractivity contribution in [1.82, 2.24) is 49.2 Å². The summed E-state index contributed by atoms with van der Waals surface area (Å²) in [6.45, 7) is 7.79. The average molecular weight is 892 g/mol. The highest BCUT2D eigenvalue weighted by Crippen LogP contribution is 2.40. The van der Waals surface area contributed by atoms with Gasteiger partial charge >= 0.3 is 0 Å². The van der Waals surface area contributed by atoms with E-state index < -0.39 is 23.5 Å². The number of aromatic nitrogens is 6. The number of ether oxygens (including phenoxy) is 1. The second-order valence-corrected chi connectivity index (χ2v) is 16.7. The Morgan fingerprint density at radius 1 is 1.14 bits per heavy atom. The molecule has 2 saturated heterocycles. The zero-order valence-corrected chi connectivity index (χ0v) is 36.8. The number of nitrogens with zero attached hydrogens (tertiary/aromatic N) is 8. The summed E-state index contributed by atoms with van der Waals surface area (Å²) < 4.78 is 41.1. The van der Waals surface area contributed by atoms with Crippen LogP contribution in [0.25, 0.3) is 16.9 Å². The molecule has 1 atom stereocenters. The number of halogens is 2. The van der Waals surface area contributed by atoms with Gasteiger partial charge in [-0.25, -0.2) is 18.1 Å². The second kappa shape index (κ2) is 21.1. The topological polar surface area (TPSA) is 225 Å². The van der Waals surface area contributed by atoms with Crippen molar-refractivity contribution in [2.24, 2.45) is 5.92 Å². The molecule has 0 bridgehead atoms. The van der Waals surface area contributed by atoms with Crippen molar-refractivity contribution in [2.75, 3.05) is 57.5 Å². The summed E-state index contributed by atoms with van der Waals surface area (Å²) in [6, 6.07) is 8.17. The number of benzene rings is 2. The zero-order chi connectivity index (χ0) is 45.3. The number of nitrogens with one attached hydrogen (secondary N) is 5. The number of fused-ring (bicyclic) bond motifs is 1. The van der Waals surface area contributed by atoms with Gasteiger partial charge in [0.05, 0.1) is 23.7 Å². The first kappa shape index (κ1) is 46.8. The fourth-order valence-corrected chi connectivity index (χ4v) is 8.88. The third-order valence-corrected chi connectivity index (χ3v) is 12.0. The number of hydrogen-bond donors (Lipinski definition) is 7. The van der Waals surface area contributed by atoms with E-state index in [0.29, 0.717) is 104 Å². The Balaban J connectivity index is 0.00000158. The third kappa shape index (κ3) is 10.7. The molecule has 5 heterocycles. The molecule has 2 fully saturated rings. The minimum Gasteiger partial charge on any atom is -0.485 e. The number of aliphatic hydroxyl groups is 2. The Morgan fingerprint density at radius 3 is 2.54 bits per heavy atom. The second-order valence-electron chi connectivity index (χ2n) is 15.5. The van der Waals surface area contributed by atoms with Crippen LogP contribution in [-0.2, 0) is 9.59 Å². The van der Waals surface area contributed by atoms with E-state index in [9.17, 15) is 15.0 Å². The summed E-state index contributed by atoms with van der Waals surface area (Å²) in [5.41, 5.74) is 2.81. The van der Waals surface area contributed by atoms with Crippen LogP contribution in [0.5, 0.6) is 5.75 Å². The molecule has 0 radical (unpaired) electrons. The molecule has 5 aromatic rings. The van der Waals surface area contributed by atoms with E-state index in [4.69, 9.17) is 14.9 Å². The summed E-state index contributed by atoms with van der Waals surface area (Å²) in [6.07, 6.45) is 8.87. The van der Waals surface area contributed by atoms with Gasteiger partial charge in [-0.05, 0) is 93.6 Å². The highest BCUT2D eigenvalue weighted by molar-refractivity contribution is 7.97. The predicted octanol–water partition coefficient (Wildman–Crippen LogP) is 5.16. The minimum absolute atomic E-state index is 0.0705. The van der Waals surface area contributed by atoms with Crippen LogP contribution in [0.1, 0.15) is 69.9 Å². The lowest BCUT2D eigenvalue weighted by atomic mass is 9.86. The van der Waals surface area contributed by atoms with Crippen LogP contribution in [0.4, 0.5) is 26.1 Å². The van der Waals surface area contributed by atoms with E-state index in [1.54, 1.807) is 55.7 Å². The molecule has 2 amide bonds. The number of carbonyl (C=O) groups excluding carboxylic acids is 2. The van der Waals surface area contributed by atoms with Crippen LogP contribution in [0.15, 0.2) is 53.9 Å². The first-order chi connectivity index (χ1) is 30.3. The zero-order valence-electron chi connectivity index (χ0n) is 35.9. The molecule has 7 N–H and O–H groups in total. The number of carbonyl (C=O) groups is 2. The van der Waals surface area contributed by atoms with Gasteiger partial charge in [0, 0.05) is 75.0 Å². The van der Waals surface area contributed by atoms with E-state index in [0.717, 1.165) is 12.0 Å². The van der Waals surface area contributed by atoms with Crippen molar-refractivity contribution in [3.8, 4) is 17.0 Å². The molecule has 2 aliphatic rings. The summed E-state index contributed by atoms with van der Waals surface area (Å²) >= 11 is 1.36. The first-order valence-corrected chi connectivity index (χ1v) is 21.6. The highest BCUT2D eigenvalue weighted by Gasteiger charge is 2.44. The van der Waals surface area contributed by atoms with Crippen molar-refractivity contribution >= 4 is 53.6 Å². The van der Waals surface area contributed by atoms with Crippen LogP contribution in [0.3, 0.4) is 0 Å². The summed E-state index contributed by atoms with van der Waals surface area (Å²) in [5.74, 6) is -3.22. The Kier molecular flexibility index (Phi) is 15.7. The van der Waals surface area contributed by atoms with E-state index in [1.807, 2.05) is 25.1 Å². The summed E-state index contributed by atoms with van der Waals surface area (Å²) in [7, 11) is 3.15. The number of rotatable bonds is 16. The number of piperidine rings is 2. The lowest BCUT2D eigenvalue weighted by Gasteiger charge is -2.46. The molecule has 18 nitrogen and oxygen atoms in total. The molecule has 21 heteroatoms. The van der Waals surface area contributed by atoms with Gasteiger partial charge in [-0.1, -0.05) is 13.0 Å². The molecule has 63 heavy (non-hydrogen) atoms. The smallest absolute Gasteiger partial charge is 0.247 e. The van der Waals surface area contributed by atoms with Gasteiger partial charge in [0.2, 0.25) is 30.3 Å². The van der Waals surface area contributed by atoms with Crippen molar-refractivity contribution in [1.29, 1.82) is 5.41 Å². The van der Waals surface area contributed by atoms with Crippen molar-refractivity contribution in [3.63, 3.8) is 0 Å². The maximum atomic E-state index is 15.9. The van der Waals surface area contributed by atoms with Crippen molar-refractivity contribution in [2.45, 2.75) is 75.7 Å². The lowest BCUT2D eigenvalue weighted by Crippen LogP contribution is -2.59. The normalized spacial score (nSPS) is 16.3. The number of amides is 2. The standard InChI is InChI=1S/C40H50F2N12O4S.C2H5NO/c1-5-14-51(23-55)37(43)30-10-9-29(33(42)35(30)44-4)25-12-16-52(17-13-25)40(56,57)27-7-6-15-53(21-27)59-28-8-11-32(31(41)18-28)48-39-49-38-36(58-24(2)3)34(26-19-46-47-20-26)45-22-54(38)50-39;1-3-2-4/h8-11,18-20,22-25,27,43-44,56-57H,5-7,12-17,21H2,1-4H3,(H,46,47)(H,48,50);2H,1H3,(H,3,4). The Morgan fingerprint density at radius 2 is 1.90 bits per heavy atom. The quantitative estimate of drug-likeness (QED) is 0.0224. The van der Waals surface area contributed by atoms with Gasteiger partial charge in [-0.3, -0.25) is 29.9 Å². The monoisotopic (exact) mass is 891 g/mol. The largest absolute Gasteiger partial charge is 0.485 e. The third-order valence-electron chi connectivity index (χ3n) is 10.9. The van der Waals surface area contributed by atoms with Crippen molar-refractivity contribution < 1.29 is 33.3 Å². The van der Waals surface area contributed by atoms with Crippen LogP contribution in [0, 0.1) is 23.0 Å². The molecular weight excluding hydrogens is 837 g/mol. The molecule has 2 aliphatic heterocycles. The highest BCUT2D eigenvalue weighted by atomic mass is 32.2. The number of amidine groups is 1. The van der Waals surface area contributed by atoms with Gasteiger partial charge in [-0.15, -0.1) is 5.10 Å². The molecule has 0 spiro atoms. The van der Waals surface area contributed by atoms with Gasteiger partial charge < -0.3 is 30.9 Å². The summed E-state index contributed by atoms with van der Waals surface area (Å²) in [4.78, 5) is 33.3. The number of aromatic amines is 1. The minimum atomic E-state index is -2.09. The van der Waals surface area contributed by atoms with Crippen LogP contribution in [0.2, 0.25) is 0 Å². The van der Waals surface area contributed by atoms with E-state index in [1.165, 1.54) is 33.8 Å². The van der Waals surface area contributed by atoms with Crippen LogP contribution < -0.4 is 20.7 Å². The number of likely N-dealkylation sites (tertiary alicyclic amines) is 1. The van der Waals surface area contributed by atoms with Gasteiger partial charge in [0.25, 0.3) is 0 Å². The fourth-order valence-electron chi connectivity index (χ4n) is 7.82. The maximum absolute atomic E-state index is 15.9. The van der Waals surface area contributed by atoms with E-state index in [2.05, 4.69) is 41.2 Å². The Labute approximate surface area is 368 Å². The van der Waals surface area contributed by atoms with E-state index >= 15 is 8.78 Å². The van der Waals surface area contributed by atoms with Crippen LogP contribution in [-0.4, -0.2) is 132 Å². The van der Waals surface area contributed by atoms with Gasteiger partial charge in [-0.2, -0.15) is 14.6 Å². The molecule has 0 aliphatic carbocycles. The maximum Gasteiger partial charge on any atom is 0.247 e. The fraction of sp³-hybridized carbons (Fsp3) is 0.452. The van der Waals surface area contributed by atoms with Crippen molar-refractivity contribution in [3.05, 3.63) is 71.8 Å². The molecule has 1 unspecified atom stereocenters. The first-order valence-electron chi connectivity index (χ1n) is 20.9. The Hall–Kier alpha value is -5.74. The molecule has 2 aromatic carbocycles. The van der Waals surface area contributed by atoms with Gasteiger partial charge in [0.1, 0.15) is 29.5 Å². The summed E-state index contributed by atoms with van der Waals surface area (Å²) in [5, 5.41) is 51.0. The van der Waals surface area contributed by atoms with E-state index in [-0.39, 0.29) is 35.2 Å².